The number of aromatic nitrogens is 1. The number of benzene rings is 2. The van der Waals surface area contributed by atoms with Crippen molar-refractivity contribution in [2.24, 2.45) is 12.8 Å². The third-order valence-electron chi connectivity index (χ3n) is 4.36. The van der Waals surface area contributed by atoms with Gasteiger partial charge < -0.3 is 10.3 Å². The number of halogens is 1. The molecule has 3 rings (SSSR count). The van der Waals surface area contributed by atoms with Gasteiger partial charge in [0.2, 0.25) is 0 Å². The fourth-order valence-electron chi connectivity index (χ4n) is 3.10. The summed E-state index contributed by atoms with van der Waals surface area (Å²) in [5.41, 5.74) is 10.1. The van der Waals surface area contributed by atoms with Crippen molar-refractivity contribution in [1.82, 2.24) is 4.57 Å². The number of aryl methyl sites for hydroxylation is 1. The smallest absolute Gasteiger partial charge is 0.0480 e. The average molecular weight is 313 g/mol. The molecule has 3 heteroatoms. The molecule has 0 unspecified atom stereocenters. The molecule has 0 aliphatic heterocycles. The fraction of sp³-hybridized carbons (Fsp3) is 0.263. The maximum absolute atomic E-state index is 6.31. The molecule has 0 saturated heterocycles. The SMILES string of the molecule is C[C@H](N)[C@H](Cc1ccc(Cl)cc1)c1cccc2c1ccn2C. The zero-order valence-electron chi connectivity index (χ0n) is 13.0. The number of hydrogen-bond donors (Lipinski definition) is 1. The number of hydrogen-bond acceptors (Lipinski definition) is 1. The molecule has 1 aromatic heterocycles. The van der Waals surface area contributed by atoms with Crippen molar-refractivity contribution < 1.29 is 0 Å². The molecule has 1 heterocycles. The molecule has 2 N–H and O–H groups in total. The number of rotatable bonds is 4. The average Bonchev–Trinajstić information content (AvgIpc) is 2.88. The molecule has 0 aliphatic rings. The highest BCUT2D eigenvalue weighted by atomic mass is 35.5. The lowest BCUT2D eigenvalue weighted by molar-refractivity contribution is 0.568. The van der Waals surface area contributed by atoms with Crippen molar-refractivity contribution in [1.29, 1.82) is 0 Å². The van der Waals surface area contributed by atoms with Crippen molar-refractivity contribution in [2.75, 3.05) is 0 Å². The molecule has 0 fully saturated rings. The van der Waals surface area contributed by atoms with Gasteiger partial charge in [0.25, 0.3) is 0 Å². The van der Waals surface area contributed by atoms with E-state index in [9.17, 15) is 0 Å². The first kappa shape index (κ1) is 15.1. The predicted octanol–water partition coefficient (Wildman–Crippen LogP) is 4.51. The quantitative estimate of drug-likeness (QED) is 0.755. The molecule has 0 spiro atoms. The van der Waals surface area contributed by atoms with Gasteiger partial charge in [0.05, 0.1) is 0 Å². The van der Waals surface area contributed by atoms with Gasteiger partial charge >= 0.3 is 0 Å². The molecule has 0 aliphatic carbocycles. The van der Waals surface area contributed by atoms with E-state index in [1.54, 1.807) is 0 Å². The van der Waals surface area contributed by atoms with Gasteiger partial charge in [-0.25, -0.2) is 0 Å². The summed E-state index contributed by atoms with van der Waals surface area (Å²) in [5, 5.41) is 2.06. The van der Waals surface area contributed by atoms with Crippen LogP contribution in [0.3, 0.4) is 0 Å². The minimum Gasteiger partial charge on any atom is -0.351 e. The minimum absolute atomic E-state index is 0.0847. The molecule has 22 heavy (non-hydrogen) atoms. The van der Waals surface area contributed by atoms with Crippen LogP contribution >= 0.6 is 11.6 Å². The van der Waals surface area contributed by atoms with E-state index in [2.05, 4.69) is 61.1 Å². The van der Waals surface area contributed by atoms with E-state index < -0.39 is 0 Å². The van der Waals surface area contributed by atoms with Gasteiger partial charge in [0.1, 0.15) is 0 Å². The molecule has 2 atom stereocenters. The summed E-state index contributed by atoms with van der Waals surface area (Å²) in [5.74, 6) is 0.285. The Labute approximate surface area is 136 Å². The summed E-state index contributed by atoms with van der Waals surface area (Å²) in [4.78, 5) is 0. The van der Waals surface area contributed by atoms with E-state index in [1.807, 2.05) is 12.1 Å². The Hall–Kier alpha value is -1.77. The molecule has 3 aromatic rings. The van der Waals surface area contributed by atoms with Crippen molar-refractivity contribution >= 4 is 22.5 Å². The number of nitrogens with zero attached hydrogens (tertiary/aromatic N) is 1. The van der Waals surface area contributed by atoms with Crippen LogP contribution in [0.15, 0.2) is 54.7 Å². The maximum atomic E-state index is 6.31. The van der Waals surface area contributed by atoms with Crippen molar-refractivity contribution in [2.45, 2.75) is 25.3 Å². The van der Waals surface area contributed by atoms with Crippen LogP contribution in [0.1, 0.15) is 24.0 Å². The number of nitrogens with two attached hydrogens (primary N) is 1. The van der Waals surface area contributed by atoms with Crippen LogP contribution in [0, 0.1) is 0 Å². The lowest BCUT2D eigenvalue weighted by Gasteiger charge is -2.22. The highest BCUT2D eigenvalue weighted by Crippen LogP contribution is 2.31. The van der Waals surface area contributed by atoms with E-state index in [-0.39, 0.29) is 12.0 Å². The Kier molecular flexibility index (Phi) is 4.23. The molecule has 0 amide bonds. The molecule has 0 radical (unpaired) electrons. The first-order valence-electron chi connectivity index (χ1n) is 7.60. The second-order valence-electron chi connectivity index (χ2n) is 6.00. The van der Waals surface area contributed by atoms with Gasteiger partial charge in [0.15, 0.2) is 0 Å². The van der Waals surface area contributed by atoms with Crippen LogP contribution in [0.5, 0.6) is 0 Å². The van der Waals surface area contributed by atoms with Crippen molar-refractivity contribution in [3.05, 3.63) is 70.9 Å². The Balaban J connectivity index is 2.01. The van der Waals surface area contributed by atoms with Crippen LogP contribution in [0.2, 0.25) is 5.02 Å². The monoisotopic (exact) mass is 312 g/mol. The Bertz CT molecular complexity index is 772. The maximum Gasteiger partial charge on any atom is 0.0480 e. The summed E-state index contributed by atoms with van der Waals surface area (Å²) >= 11 is 5.98. The first-order chi connectivity index (χ1) is 10.6. The zero-order chi connectivity index (χ0) is 15.7. The lowest BCUT2D eigenvalue weighted by atomic mass is 9.85. The van der Waals surface area contributed by atoms with Crippen molar-refractivity contribution in [3.63, 3.8) is 0 Å². The molecular weight excluding hydrogens is 292 g/mol. The summed E-state index contributed by atoms with van der Waals surface area (Å²) in [6.45, 7) is 2.09. The summed E-state index contributed by atoms with van der Waals surface area (Å²) in [6.07, 6.45) is 3.03. The van der Waals surface area contributed by atoms with E-state index in [1.165, 1.54) is 22.0 Å². The Morgan fingerprint density at radius 3 is 2.50 bits per heavy atom. The van der Waals surface area contributed by atoms with E-state index in [0.717, 1.165) is 11.4 Å². The molecular formula is C19H21ClN2. The minimum atomic E-state index is 0.0847. The molecule has 2 nitrogen and oxygen atoms in total. The van der Waals surface area contributed by atoms with Gasteiger partial charge in [-0.1, -0.05) is 35.9 Å². The third-order valence-corrected chi connectivity index (χ3v) is 4.62. The molecule has 114 valence electrons. The summed E-state index contributed by atoms with van der Waals surface area (Å²) < 4.78 is 2.15. The van der Waals surface area contributed by atoms with Gasteiger partial charge in [-0.15, -0.1) is 0 Å². The Morgan fingerprint density at radius 1 is 1.09 bits per heavy atom. The van der Waals surface area contributed by atoms with E-state index in [4.69, 9.17) is 17.3 Å². The van der Waals surface area contributed by atoms with Gasteiger partial charge in [-0.2, -0.15) is 0 Å². The van der Waals surface area contributed by atoms with Crippen LogP contribution in [0.25, 0.3) is 10.9 Å². The highest BCUT2D eigenvalue weighted by Gasteiger charge is 2.19. The third kappa shape index (κ3) is 2.90. The van der Waals surface area contributed by atoms with Crippen LogP contribution < -0.4 is 5.73 Å². The largest absolute Gasteiger partial charge is 0.351 e. The lowest BCUT2D eigenvalue weighted by Crippen LogP contribution is -2.26. The Morgan fingerprint density at radius 2 is 1.82 bits per heavy atom. The van der Waals surface area contributed by atoms with Crippen LogP contribution in [-0.2, 0) is 13.5 Å². The van der Waals surface area contributed by atoms with Crippen LogP contribution in [0.4, 0.5) is 0 Å². The summed E-state index contributed by atoms with van der Waals surface area (Å²) in [7, 11) is 2.08. The van der Waals surface area contributed by atoms with E-state index >= 15 is 0 Å². The number of fused-ring (bicyclic) bond motifs is 1. The molecule has 0 bridgehead atoms. The predicted molar refractivity (Wildman–Crippen MR) is 94.5 cm³/mol. The molecule has 2 aromatic carbocycles. The zero-order valence-corrected chi connectivity index (χ0v) is 13.7. The first-order valence-corrected chi connectivity index (χ1v) is 7.98. The van der Waals surface area contributed by atoms with Crippen LogP contribution in [-0.4, -0.2) is 10.6 Å². The van der Waals surface area contributed by atoms with Gasteiger partial charge in [-0.05, 0) is 48.7 Å². The topological polar surface area (TPSA) is 30.9 Å². The van der Waals surface area contributed by atoms with Gasteiger partial charge in [0, 0.05) is 41.1 Å². The normalized spacial score (nSPS) is 14.2. The van der Waals surface area contributed by atoms with Gasteiger partial charge in [-0.3, -0.25) is 0 Å². The van der Waals surface area contributed by atoms with Crippen molar-refractivity contribution in [3.8, 4) is 0 Å². The second kappa shape index (κ2) is 6.15. The highest BCUT2D eigenvalue weighted by molar-refractivity contribution is 6.30. The standard InChI is InChI=1S/C19H21ClN2/c1-13(21)18(12-14-6-8-15(20)9-7-14)16-4-3-5-19-17(16)10-11-22(19)2/h3-11,13,18H,12,21H2,1-2H3/t13-,18-/m0/s1. The fourth-order valence-corrected chi connectivity index (χ4v) is 3.23. The molecule has 0 saturated carbocycles. The summed E-state index contributed by atoms with van der Waals surface area (Å²) in [6, 6.07) is 16.8. The second-order valence-corrected chi connectivity index (χ2v) is 6.44. The van der Waals surface area contributed by atoms with E-state index in [0.29, 0.717) is 0 Å².